The van der Waals surface area contributed by atoms with Crippen LogP contribution in [0.25, 0.3) is 0 Å². The second kappa shape index (κ2) is 11.0. The number of fused-ring (bicyclic) bond motifs is 1. The highest BCUT2D eigenvalue weighted by Crippen LogP contribution is 2.25. The zero-order valence-electron chi connectivity index (χ0n) is 19.3. The maximum absolute atomic E-state index is 13.2. The molecule has 2 aromatic carbocycles. The van der Waals surface area contributed by atoms with E-state index in [9.17, 15) is 19.2 Å². The Labute approximate surface area is 209 Å². The number of hydrogen-bond donors (Lipinski definition) is 1. The van der Waals surface area contributed by atoms with Crippen molar-refractivity contribution in [1.29, 1.82) is 0 Å². The summed E-state index contributed by atoms with van der Waals surface area (Å²) in [5.41, 5.74) is 1.48. The lowest BCUT2D eigenvalue weighted by Crippen LogP contribution is -2.49. The number of amides is 4. The van der Waals surface area contributed by atoms with E-state index in [1.807, 2.05) is 13.8 Å². The Bertz CT molecular complexity index is 1080. The molecule has 3 rings (SSSR count). The van der Waals surface area contributed by atoms with E-state index in [-0.39, 0.29) is 55.6 Å². The highest BCUT2D eigenvalue weighted by molar-refractivity contribution is 6.42. The molecule has 0 aliphatic carbocycles. The average Bonchev–Trinajstić information content (AvgIpc) is 3.03. The van der Waals surface area contributed by atoms with Crippen LogP contribution in [0.3, 0.4) is 0 Å². The molecule has 1 aliphatic heterocycles. The van der Waals surface area contributed by atoms with Crippen LogP contribution in [0.4, 0.5) is 0 Å². The summed E-state index contributed by atoms with van der Waals surface area (Å²) in [6, 6.07) is 10.9. The Hall–Kier alpha value is -2.90. The van der Waals surface area contributed by atoms with Gasteiger partial charge in [0, 0.05) is 25.6 Å². The fraction of sp³-hybridized carbons (Fsp3) is 0.360. The van der Waals surface area contributed by atoms with Gasteiger partial charge in [0.25, 0.3) is 11.8 Å². The van der Waals surface area contributed by atoms with E-state index in [1.54, 1.807) is 49.4 Å². The molecule has 1 heterocycles. The molecule has 34 heavy (non-hydrogen) atoms. The van der Waals surface area contributed by atoms with Crippen LogP contribution in [-0.2, 0) is 16.1 Å². The van der Waals surface area contributed by atoms with Gasteiger partial charge in [-0.2, -0.15) is 0 Å². The summed E-state index contributed by atoms with van der Waals surface area (Å²) >= 11 is 12.1. The van der Waals surface area contributed by atoms with Gasteiger partial charge in [0.05, 0.1) is 21.2 Å². The van der Waals surface area contributed by atoms with Gasteiger partial charge in [0.15, 0.2) is 0 Å². The SMILES string of the molecule is CC(C)NC(=O)[C@@H](C)N(Cc1ccc(Cl)c(Cl)c1)C(=O)CCCN1C(=O)c2ccccc2C1=O. The average molecular weight is 504 g/mol. The number of nitrogens with zero attached hydrogens (tertiary/aromatic N) is 2. The second-order valence-corrected chi connectivity index (χ2v) is 9.33. The van der Waals surface area contributed by atoms with E-state index in [1.165, 1.54) is 4.90 Å². The predicted octanol–water partition coefficient (Wildman–Crippen LogP) is 4.31. The molecule has 1 N–H and O–H groups in total. The van der Waals surface area contributed by atoms with Crippen molar-refractivity contribution in [3.8, 4) is 0 Å². The molecular weight excluding hydrogens is 477 g/mol. The summed E-state index contributed by atoms with van der Waals surface area (Å²) in [4.78, 5) is 53.6. The van der Waals surface area contributed by atoms with Crippen LogP contribution >= 0.6 is 23.2 Å². The number of nitrogens with one attached hydrogen (secondary N) is 1. The molecule has 0 spiro atoms. The number of carbonyl (C=O) groups excluding carboxylic acids is 4. The summed E-state index contributed by atoms with van der Waals surface area (Å²) in [6.07, 6.45) is 0.342. The fourth-order valence-electron chi connectivity index (χ4n) is 3.80. The molecule has 0 fully saturated rings. The van der Waals surface area contributed by atoms with E-state index < -0.39 is 6.04 Å². The molecule has 9 heteroatoms. The molecular formula is C25H27Cl2N3O4. The van der Waals surface area contributed by atoms with Crippen LogP contribution < -0.4 is 5.32 Å². The zero-order chi connectivity index (χ0) is 25.0. The van der Waals surface area contributed by atoms with Gasteiger partial charge in [0.2, 0.25) is 11.8 Å². The van der Waals surface area contributed by atoms with Crippen LogP contribution in [0.5, 0.6) is 0 Å². The van der Waals surface area contributed by atoms with E-state index >= 15 is 0 Å². The smallest absolute Gasteiger partial charge is 0.261 e. The van der Waals surface area contributed by atoms with Gasteiger partial charge >= 0.3 is 0 Å². The minimum atomic E-state index is -0.733. The van der Waals surface area contributed by atoms with Crippen molar-refractivity contribution in [3.05, 3.63) is 69.2 Å². The highest BCUT2D eigenvalue weighted by atomic mass is 35.5. The van der Waals surface area contributed by atoms with Crippen molar-refractivity contribution in [2.45, 2.75) is 52.2 Å². The van der Waals surface area contributed by atoms with Crippen LogP contribution in [0.15, 0.2) is 42.5 Å². The number of imide groups is 1. The summed E-state index contributed by atoms with van der Waals surface area (Å²) < 4.78 is 0. The Morgan fingerprint density at radius 2 is 1.59 bits per heavy atom. The minimum absolute atomic E-state index is 0.0635. The van der Waals surface area contributed by atoms with Gasteiger partial charge in [-0.3, -0.25) is 24.1 Å². The normalized spacial score (nSPS) is 13.8. The first-order chi connectivity index (χ1) is 16.1. The first-order valence-electron chi connectivity index (χ1n) is 11.1. The third-order valence-corrected chi connectivity index (χ3v) is 6.32. The van der Waals surface area contributed by atoms with Crippen molar-refractivity contribution in [3.63, 3.8) is 0 Å². The quantitative estimate of drug-likeness (QED) is 0.516. The van der Waals surface area contributed by atoms with Gasteiger partial charge in [-0.25, -0.2) is 0 Å². The Morgan fingerprint density at radius 1 is 0.971 bits per heavy atom. The second-order valence-electron chi connectivity index (χ2n) is 8.52. The molecule has 4 amide bonds. The van der Waals surface area contributed by atoms with Crippen LogP contribution in [0.2, 0.25) is 10.0 Å². The Balaban J connectivity index is 1.69. The Kier molecular flexibility index (Phi) is 8.33. The molecule has 180 valence electrons. The molecule has 0 aromatic heterocycles. The minimum Gasteiger partial charge on any atom is -0.352 e. The van der Waals surface area contributed by atoms with Crippen molar-refractivity contribution >= 4 is 46.8 Å². The molecule has 1 aliphatic rings. The maximum atomic E-state index is 13.2. The topological polar surface area (TPSA) is 86.8 Å². The Morgan fingerprint density at radius 3 is 2.15 bits per heavy atom. The van der Waals surface area contributed by atoms with Crippen molar-refractivity contribution in [2.75, 3.05) is 6.54 Å². The third kappa shape index (κ3) is 5.77. The third-order valence-electron chi connectivity index (χ3n) is 5.59. The lowest BCUT2D eigenvalue weighted by molar-refractivity contribution is -0.140. The number of benzene rings is 2. The predicted molar refractivity (Wildman–Crippen MR) is 131 cm³/mol. The summed E-state index contributed by atoms with van der Waals surface area (Å²) in [6.45, 7) is 5.63. The summed E-state index contributed by atoms with van der Waals surface area (Å²) in [5.74, 6) is -1.26. The zero-order valence-corrected chi connectivity index (χ0v) is 20.8. The van der Waals surface area contributed by atoms with Crippen LogP contribution in [0.1, 0.15) is 59.9 Å². The van der Waals surface area contributed by atoms with E-state index in [0.717, 1.165) is 10.5 Å². The highest BCUT2D eigenvalue weighted by Gasteiger charge is 2.35. The van der Waals surface area contributed by atoms with Crippen LogP contribution in [-0.4, -0.2) is 52.1 Å². The largest absolute Gasteiger partial charge is 0.352 e. The first-order valence-corrected chi connectivity index (χ1v) is 11.8. The molecule has 7 nitrogen and oxygen atoms in total. The van der Waals surface area contributed by atoms with Gasteiger partial charge < -0.3 is 10.2 Å². The van der Waals surface area contributed by atoms with Gasteiger partial charge in [-0.15, -0.1) is 0 Å². The molecule has 0 saturated heterocycles. The number of rotatable bonds is 9. The summed E-state index contributed by atoms with van der Waals surface area (Å²) in [7, 11) is 0. The summed E-state index contributed by atoms with van der Waals surface area (Å²) in [5, 5.41) is 3.59. The lowest BCUT2D eigenvalue weighted by Gasteiger charge is -2.29. The van der Waals surface area contributed by atoms with E-state index in [4.69, 9.17) is 23.2 Å². The number of hydrogen-bond acceptors (Lipinski definition) is 4. The standard InChI is InChI=1S/C25H27Cl2N3O4/c1-15(2)28-23(32)16(3)30(14-17-10-11-20(26)21(27)13-17)22(31)9-6-12-29-24(33)18-7-4-5-8-19(18)25(29)34/h4-5,7-8,10-11,13,15-16H,6,9,12,14H2,1-3H3,(H,28,32)/t16-/m1/s1. The van der Waals surface area contributed by atoms with Crippen LogP contribution in [0, 0.1) is 0 Å². The van der Waals surface area contributed by atoms with Gasteiger partial charge in [0.1, 0.15) is 6.04 Å². The van der Waals surface area contributed by atoms with Gasteiger partial charge in [-0.1, -0.05) is 41.4 Å². The van der Waals surface area contributed by atoms with E-state index in [2.05, 4.69) is 5.32 Å². The van der Waals surface area contributed by atoms with Crippen molar-refractivity contribution < 1.29 is 19.2 Å². The van der Waals surface area contributed by atoms with Gasteiger partial charge in [-0.05, 0) is 57.0 Å². The molecule has 0 radical (unpaired) electrons. The molecule has 0 saturated carbocycles. The molecule has 2 aromatic rings. The number of carbonyl (C=O) groups is 4. The van der Waals surface area contributed by atoms with Crippen molar-refractivity contribution in [2.24, 2.45) is 0 Å². The fourth-order valence-corrected chi connectivity index (χ4v) is 4.12. The maximum Gasteiger partial charge on any atom is 0.261 e. The monoisotopic (exact) mass is 503 g/mol. The molecule has 0 bridgehead atoms. The molecule has 0 unspecified atom stereocenters. The molecule has 1 atom stereocenters. The van der Waals surface area contributed by atoms with Crippen molar-refractivity contribution in [1.82, 2.24) is 15.1 Å². The first kappa shape index (κ1) is 25.7. The number of halogens is 2. The van der Waals surface area contributed by atoms with E-state index in [0.29, 0.717) is 21.2 Å². The lowest BCUT2D eigenvalue weighted by atomic mass is 10.1.